The molecule has 1 aromatic carbocycles. The van der Waals surface area contributed by atoms with E-state index in [1.165, 1.54) is 18.4 Å². The number of benzene rings is 1. The lowest BCUT2D eigenvalue weighted by atomic mass is 9.99. The molecule has 2 N–H and O–H groups in total. The van der Waals surface area contributed by atoms with E-state index >= 15 is 0 Å². The van der Waals surface area contributed by atoms with Crippen molar-refractivity contribution in [1.82, 2.24) is 15.5 Å². The third kappa shape index (κ3) is 5.92. The van der Waals surface area contributed by atoms with Gasteiger partial charge >= 0.3 is 0 Å². The van der Waals surface area contributed by atoms with Crippen molar-refractivity contribution in [2.45, 2.75) is 38.3 Å². The average Bonchev–Trinajstić information content (AvgIpc) is 3.03. The lowest BCUT2D eigenvalue weighted by molar-refractivity contribution is -0.125. The molecule has 2 unspecified atom stereocenters. The molecule has 0 spiro atoms. The predicted octanol–water partition coefficient (Wildman–Crippen LogP) is 2.61. The number of nitrogens with one attached hydrogen (secondary N) is 2. The summed E-state index contributed by atoms with van der Waals surface area (Å²) in [6.45, 7) is 4.89. The molecule has 6 heteroatoms. The number of hydrogen-bond donors (Lipinski definition) is 2. The molecule has 2 heterocycles. The Morgan fingerprint density at radius 2 is 1.96 bits per heavy atom. The fourth-order valence-electron chi connectivity index (χ4n) is 3.59. The highest BCUT2D eigenvalue weighted by molar-refractivity contribution is 5.85. The lowest BCUT2D eigenvalue weighted by Gasteiger charge is -2.26. The maximum atomic E-state index is 12.5. The maximum absolute atomic E-state index is 12.5. The number of piperidine rings is 1. The van der Waals surface area contributed by atoms with Crippen LogP contribution in [0.1, 0.15) is 31.2 Å². The van der Waals surface area contributed by atoms with Crippen molar-refractivity contribution in [2.75, 3.05) is 26.2 Å². The normalized spacial score (nSPS) is 23.8. The first-order valence-corrected chi connectivity index (χ1v) is 8.59. The van der Waals surface area contributed by atoms with E-state index in [1.807, 2.05) is 6.07 Å². The lowest BCUT2D eigenvalue weighted by Crippen LogP contribution is -2.46. The molecular formula is C18H29Cl2N3O. The molecule has 0 aliphatic carbocycles. The minimum atomic E-state index is 0. The molecule has 0 saturated carbocycles. The minimum absolute atomic E-state index is 0. The quantitative estimate of drug-likeness (QED) is 0.833. The number of nitrogens with zero attached hydrogens (tertiary/aromatic N) is 1. The molecule has 1 amide bonds. The second-order valence-electron chi connectivity index (χ2n) is 6.57. The van der Waals surface area contributed by atoms with E-state index in [4.69, 9.17) is 0 Å². The van der Waals surface area contributed by atoms with Crippen LogP contribution in [0.3, 0.4) is 0 Å². The molecule has 136 valence electrons. The van der Waals surface area contributed by atoms with Crippen LogP contribution in [0, 0.1) is 5.92 Å². The maximum Gasteiger partial charge on any atom is 0.237 e. The van der Waals surface area contributed by atoms with E-state index in [9.17, 15) is 4.79 Å². The number of carbonyl (C=O) groups is 1. The Hall–Kier alpha value is -0.810. The molecule has 24 heavy (non-hydrogen) atoms. The molecule has 2 atom stereocenters. The molecule has 3 rings (SSSR count). The summed E-state index contributed by atoms with van der Waals surface area (Å²) in [4.78, 5) is 14.8. The zero-order chi connectivity index (χ0) is 15.2. The van der Waals surface area contributed by atoms with Crippen molar-refractivity contribution in [1.29, 1.82) is 0 Å². The summed E-state index contributed by atoms with van der Waals surface area (Å²) in [5, 5.41) is 6.60. The number of amides is 1. The van der Waals surface area contributed by atoms with Crippen LogP contribution >= 0.6 is 24.8 Å². The van der Waals surface area contributed by atoms with Crippen molar-refractivity contribution in [3.8, 4) is 0 Å². The third-order valence-electron chi connectivity index (χ3n) is 4.86. The van der Waals surface area contributed by atoms with E-state index < -0.39 is 0 Å². The second kappa shape index (κ2) is 10.9. The number of rotatable bonds is 5. The molecular weight excluding hydrogens is 345 g/mol. The van der Waals surface area contributed by atoms with Gasteiger partial charge in [0.2, 0.25) is 5.91 Å². The highest BCUT2D eigenvalue weighted by atomic mass is 35.5. The number of halogens is 2. The highest BCUT2D eigenvalue weighted by Gasteiger charge is 2.30. The molecule has 0 bridgehead atoms. The van der Waals surface area contributed by atoms with Gasteiger partial charge in [-0.2, -0.15) is 0 Å². The fourth-order valence-corrected chi connectivity index (χ4v) is 3.59. The van der Waals surface area contributed by atoms with Crippen LogP contribution in [0.2, 0.25) is 0 Å². The van der Waals surface area contributed by atoms with Crippen molar-refractivity contribution >= 4 is 30.7 Å². The summed E-state index contributed by atoms with van der Waals surface area (Å²) >= 11 is 0. The summed E-state index contributed by atoms with van der Waals surface area (Å²) in [5.41, 5.74) is 1.29. The molecule has 2 saturated heterocycles. The van der Waals surface area contributed by atoms with Gasteiger partial charge in [-0.05, 0) is 56.8 Å². The Bertz CT molecular complexity index is 480. The van der Waals surface area contributed by atoms with Crippen molar-refractivity contribution in [2.24, 2.45) is 5.92 Å². The first-order valence-electron chi connectivity index (χ1n) is 8.59. The molecule has 1 aromatic rings. The van der Waals surface area contributed by atoms with Crippen LogP contribution in [0.25, 0.3) is 0 Å². The van der Waals surface area contributed by atoms with E-state index in [1.54, 1.807) is 0 Å². The van der Waals surface area contributed by atoms with Crippen molar-refractivity contribution in [3.63, 3.8) is 0 Å². The summed E-state index contributed by atoms with van der Waals surface area (Å²) in [5.74, 6) is 0.820. The van der Waals surface area contributed by atoms with Crippen LogP contribution in [-0.4, -0.2) is 43.0 Å². The minimum Gasteiger partial charge on any atom is -0.354 e. The van der Waals surface area contributed by atoms with Gasteiger partial charge in [-0.3, -0.25) is 9.69 Å². The van der Waals surface area contributed by atoms with Gasteiger partial charge in [0.25, 0.3) is 0 Å². The molecule has 2 fully saturated rings. The van der Waals surface area contributed by atoms with Crippen LogP contribution < -0.4 is 10.6 Å². The van der Waals surface area contributed by atoms with E-state index in [-0.39, 0.29) is 36.8 Å². The first-order chi connectivity index (χ1) is 10.8. The molecule has 4 nitrogen and oxygen atoms in total. The Morgan fingerprint density at radius 1 is 1.17 bits per heavy atom. The predicted molar refractivity (Wildman–Crippen MR) is 103 cm³/mol. The molecule has 0 aromatic heterocycles. The van der Waals surface area contributed by atoms with Crippen molar-refractivity contribution in [3.05, 3.63) is 35.9 Å². The van der Waals surface area contributed by atoms with Gasteiger partial charge in [0.05, 0.1) is 6.04 Å². The van der Waals surface area contributed by atoms with Gasteiger partial charge < -0.3 is 10.6 Å². The fraction of sp³-hybridized carbons (Fsp3) is 0.611. The largest absolute Gasteiger partial charge is 0.354 e. The smallest absolute Gasteiger partial charge is 0.237 e. The summed E-state index contributed by atoms with van der Waals surface area (Å²) in [6.07, 6.45) is 4.56. The standard InChI is InChI=1S/C18H27N3O.2ClH/c22-18(20-13-16-8-4-10-19-12-16)17-9-5-11-21(17)14-15-6-2-1-3-7-15;;/h1-3,6-7,16-17,19H,4-5,8-14H2,(H,20,22);2*1H. The first kappa shape index (κ1) is 21.2. The topological polar surface area (TPSA) is 44.4 Å². The van der Waals surface area contributed by atoms with Crippen LogP contribution in [-0.2, 0) is 11.3 Å². The van der Waals surface area contributed by atoms with Gasteiger partial charge in [0, 0.05) is 13.1 Å². The van der Waals surface area contributed by atoms with Gasteiger partial charge in [-0.1, -0.05) is 30.3 Å². The zero-order valence-corrected chi connectivity index (χ0v) is 15.7. The molecule has 0 radical (unpaired) electrons. The number of hydrogen-bond acceptors (Lipinski definition) is 3. The van der Waals surface area contributed by atoms with Gasteiger partial charge in [0.15, 0.2) is 0 Å². The zero-order valence-electron chi connectivity index (χ0n) is 14.1. The van der Waals surface area contributed by atoms with E-state index in [2.05, 4.69) is 39.8 Å². The summed E-state index contributed by atoms with van der Waals surface area (Å²) < 4.78 is 0. The Labute approximate surface area is 157 Å². The van der Waals surface area contributed by atoms with E-state index in [0.717, 1.165) is 45.6 Å². The van der Waals surface area contributed by atoms with Crippen LogP contribution in [0.5, 0.6) is 0 Å². The molecule has 2 aliphatic heterocycles. The number of carbonyl (C=O) groups excluding carboxylic acids is 1. The molecule has 2 aliphatic rings. The Balaban J connectivity index is 0.00000144. The van der Waals surface area contributed by atoms with Gasteiger partial charge in [-0.25, -0.2) is 0 Å². The SMILES string of the molecule is Cl.Cl.O=C(NCC1CCCNC1)C1CCCN1Cc1ccccc1. The van der Waals surface area contributed by atoms with Gasteiger partial charge in [-0.15, -0.1) is 24.8 Å². The van der Waals surface area contributed by atoms with E-state index in [0.29, 0.717) is 5.92 Å². The average molecular weight is 374 g/mol. The Kier molecular flexibility index (Phi) is 9.67. The monoisotopic (exact) mass is 373 g/mol. The van der Waals surface area contributed by atoms with Gasteiger partial charge in [0.1, 0.15) is 0 Å². The number of likely N-dealkylation sites (tertiary alicyclic amines) is 1. The van der Waals surface area contributed by atoms with Crippen LogP contribution in [0.4, 0.5) is 0 Å². The van der Waals surface area contributed by atoms with Crippen LogP contribution in [0.15, 0.2) is 30.3 Å². The summed E-state index contributed by atoms with van der Waals surface area (Å²) in [6, 6.07) is 10.5. The third-order valence-corrected chi connectivity index (χ3v) is 4.86. The summed E-state index contributed by atoms with van der Waals surface area (Å²) in [7, 11) is 0. The second-order valence-corrected chi connectivity index (χ2v) is 6.57. The Morgan fingerprint density at radius 3 is 2.67 bits per heavy atom. The van der Waals surface area contributed by atoms with Crippen molar-refractivity contribution < 1.29 is 4.79 Å². The highest BCUT2D eigenvalue weighted by Crippen LogP contribution is 2.20.